The lowest BCUT2D eigenvalue weighted by Crippen LogP contribution is -2.42. The summed E-state index contributed by atoms with van der Waals surface area (Å²) in [6.07, 6.45) is 0.0314. The van der Waals surface area contributed by atoms with E-state index in [4.69, 9.17) is 5.26 Å². The van der Waals surface area contributed by atoms with E-state index in [9.17, 15) is 9.59 Å². The maximum absolute atomic E-state index is 12.1. The Morgan fingerprint density at radius 1 is 1.16 bits per heavy atom. The largest absolute Gasteiger partial charge is 0.331 e. The molecular weight excluding hydrogens is 318 g/mol. The summed E-state index contributed by atoms with van der Waals surface area (Å²) < 4.78 is 1.84. The number of fused-ring (bicyclic) bond motifs is 1. The SMILES string of the molecule is Cn1c(CC(=O)NNC(=O)c2cccc(C#N)c2)nc2ccccc21. The van der Waals surface area contributed by atoms with Crippen LogP contribution in [0.1, 0.15) is 21.7 Å². The standard InChI is InChI=1S/C18H15N5O2/c1-23-15-8-3-2-7-14(15)20-16(23)10-17(24)21-22-18(25)13-6-4-5-12(9-13)11-19/h2-9H,10H2,1H3,(H,21,24)(H,22,25). The van der Waals surface area contributed by atoms with Crippen molar-refractivity contribution in [1.29, 1.82) is 5.26 Å². The van der Waals surface area contributed by atoms with Crippen LogP contribution in [0.3, 0.4) is 0 Å². The van der Waals surface area contributed by atoms with Gasteiger partial charge in [-0.05, 0) is 30.3 Å². The number of hydrogen-bond acceptors (Lipinski definition) is 4. The van der Waals surface area contributed by atoms with E-state index in [1.807, 2.05) is 41.9 Å². The van der Waals surface area contributed by atoms with Crippen LogP contribution in [0.4, 0.5) is 0 Å². The van der Waals surface area contributed by atoms with Crippen molar-refractivity contribution in [3.8, 4) is 6.07 Å². The monoisotopic (exact) mass is 333 g/mol. The minimum atomic E-state index is -0.490. The Kier molecular flexibility index (Phi) is 4.44. The van der Waals surface area contributed by atoms with Crippen molar-refractivity contribution in [3.63, 3.8) is 0 Å². The number of carbonyl (C=O) groups is 2. The molecule has 0 fully saturated rings. The summed E-state index contributed by atoms with van der Waals surface area (Å²) in [5.41, 5.74) is 7.11. The zero-order valence-corrected chi connectivity index (χ0v) is 13.5. The number of para-hydroxylation sites is 2. The molecule has 0 bridgehead atoms. The van der Waals surface area contributed by atoms with Crippen molar-refractivity contribution in [1.82, 2.24) is 20.4 Å². The van der Waals surface area contributed by atoms with Gasteiger partial charge in [0, 0.05) is 12.6 Å². The molecule has 0 unspecified atom stereocenters. The van der Waals surface area contributed by atoms with Gasteiger partial charge < -0.3 is 4.57 Å². The first kappa shape index (κ1) is 16.2. The van der Waals surface area contributed by atoms with Crippen molar-refractivity contribution < 1.29 is 9.59 Å². The van der Waals surface area contributed by atoms with E-state index >= 15 is 0 Å². The van der Waals surface area contributed by atoms with E-state index in [0.29, 0.717) is 17.0 Å². The van der Waals surface area contributed by atoms with Crippen molar-refractivity contribution >= 4 is 22.8 Å². The normalized spacial score (nSPS) is 10.2. The number of imidazole rings is 1. The fraction of sp³-hybridized carbons (Fsp3) is 0.111. The van der Waals surface area contributed by atoms with E-state index in [-0.39, 0.29) is 12.3 Å². The molecule has 0 aliphatic heterocycles. The molecule has 124 valence electrons. The van der Waals surface area contributed by atoms with Crippen LogP contribution in [0.25, 0.3) is 11.0 Å². The summed E-state index contributed by atoms with van der Waals surface area (Å²) in [4.78, 5) is 28.5. The van der Waals surface area contributed by atoms with Gasteiger partial charge in [0.2, 0.25) is 5.91 Å². The van der Waals surface area contributed by atoms with E-state index < -0.39 is 5.91 Å². The number of hydrazine groups is 1. The second-order valence-corrected chi connectivity index (χ2v) is 5.45. The first-order valence-corrected chi connectivity index (χ1v) is 7.58. The number of amides is 2. The number of hydrogen-bond donors (Lipinski definition) is 2. The number of rotatable bonds is 3. The molecule has 0 aliphatic rings. The van der Waals surface area contributed by atoms with Gasteiger partial charge in [-0.25, -0.2) is 4.98 Å². The number of aromatic nitrogens is 2. The number of aryl methyl sites for hydroxylation is 1. The summed E-state index contributed by atoms with van der Waals surface area (Å²) in [6, 6.07) is 15.8. The molecule has 3 aromatic rings. The van der Waals surface area contributed by atoms with Gasteiger partial charge in [0.05, 0.1) is 29.1 Å². The third kappa shape index (κ3) is 3.48. The maximum Gasteiger partial charge on any atom is 0.269 e. The average molecular weight is 333 g/mol. The summed E-state index contributed by atoms with van der Waals surface area (Å²) in [7, 11) is 1.84. The molecule has 2 N–H and O–H groups in total. The highest BCUT2D eigenvalue weighted by Crippen LogP contribution is 2.14. The number of nitrogens with one attached hydrogen (secondary N) is 2. The number of nitriles is 1. The molecule has 0 spiro atoms. The Bertz CT molecular complexity index is 1000. The highest BCUT2D eigenvalue weighted by molar-refractivity contribution is 5.95. The summed E-state index contributed by atoms with van der Waals surface area (Å²) in [5, 5.41) is 8.85. The Morgan fingerprint density at radius 2 is 1.96 bits per heavy atom. The zero-order valence-electron chi connectivity index (χ0n) is 13.5. The van der Waals surface area contributed by atoms with Crippen molar-refractivity contribution in [2.45, 2.75) is 6.42 Å². The molecule has 1 aromatic heterocycles. The van der Waals surface area contributed by atoms with Gasteiger partial charge in [-0.3, -0.25) is 20.4 Å². The van der Waals surface area contributed by atoms with Crippen LogP contribution in [0.2, 0.25) is 0 Å². The van der Waals surface area contributed by atoms with Crippen LogP contribution < -0.4 is 10.9 Å². The van der Waals surface area contributed by atoms with E-state index in [2.05, 4.69) is 15.8 Å². The van der Waals surface area contributed by atoms with E-state index in [1.54, 1.807) is 18.2 Å². The molecule has 7 heteroatoms. The molecule has 2 aromatic carbocycles. The molecule has 3 rings (SSSR count). The zero-order chi connectivity index (χ0) is 17.8. The summed E-state index contributed by atoms with van der Waals surface area (Å²) >= 11 is 0. The van der Waals surface area contributed by atoms with Gasteiger partial charge in [0.15, 0.2) is 0 Å². The van der Waals surface area contributed by atoms with Gasteiger partial charge in [-0.2, -0.15) is 5.26 Å². The molecule has 0 saturated carbocycles. The second kappa shape index (κ2) is 6.84. The highest BCUT2D eigenvalue weighted by Gasteiger charge is 2.13. The Morgan fingerprint density at radius 3 is 2.72 bits per heavy atom. The topological polar surface area (TPSA) is 99.8 Å². The minimum absolute atomic E-state index is 0.0314. The fourth-order valence-corrected chi connectivity index (χ4v) is 2.47. The summed E-state index contributed by atoms with van der Waals surface area (Å²) in [6.45, 7) is 0. The molecule has 7 nitrogen and oxygen atoms in total. The average Bonchev–Trinajstić information content (AvgIpc) is 2.95. The predicted molar refractivity (Wildman–Crippen MR) is 91.2 cm³/mol. The maximum atomic E-state index is 12.1. The summed E-state index contributed by atoms with van der Waals surface area (Å²) in [5.74, 6) is -0.280. The molecule has 0 radical (unpaired) electrons. The molecule has 0 saturated heterocycles. The predicted octanol–water partition coefficient (Wildman–Crippen LogP) is 1.45. The molecule has 2 amide bonds. The van der Waals surface area contributed by atoms with Gasteiger partial charge in [-0.15, -0.1) is 0 Å². The van der Waals surface area contributed by atoms with Crippen molar-refractivity contribution in [2.75, 3.05) is 0 Å². The Labute approximate surface area is 143 Å². The Balaban J connectivity index is 1.63. The fourth-order valence-electron chi connectivity index (χ4n) is 2.47. The van der Waals surface area contributed by atoms with Crippen LogP contribution >= 0.6 is 0 Å². The Hall–Kier alpha value is -3.66. The molecule has 0 atom stereocenters. The third-order valence-corrected chi connectivity index (χ3v) is 3.77. The lowest BCUT2D eigenvalue weighted by Gasteiger charge is -2.07. The van der Waals surface area contributed by atoms with E-state index in [1.165, 1.54) is 6.07 Å². The van der Waals surface area contributed by atoms with Crippen LogP contribution in [0.5, 0.6) is 0 Å². The highest BCUT2D eigenvalue weighted by atomic mass is 16.2. The third-order valence-electron chi connectivity index (χ3n) is 3.77. The van der Waals surface area contributed by atoms with Gasteiger partial charge in [0.25, 0.3) is 5.91 Å². The van der Waals surface area contributed by atoms with Crippen molar-refractivity contribution in [3.05, 3.63) is 65.5 Å². The first-order valence-electron chi connectivity index (χ1n) is 7.58. The smallest absolute Gasteiger partial charge is 0.269 e. The molecule has 1 heterocycles. The number of benzene rings is 2. The lowest BCUT2D eigenvalue weighted by atomic mass is 10.1. The molecular formula is C18H15N5O2. The van der Waals surface area contributed by atoms with Crippen LogP contribution in [0, 0.1) is 11.3 Å². The molecule has 0 aliphatic carbocycles. The van der Waals surface area contributed by atoms with Crippen molar-refractivity contribution in [2.24, 2.45) is 7.05 Å². The van der Waals surface area contributed by atoms with Gasteiger partial charge >= 0.3 is 0 Å². The van der Waals surface area contributed by atoms with Gasteiger partial charge in [-0.1, -0.05) is 18.2 Å². The van der Waals surface area contributed by atoms with Crippen LogP contribution in [0.15, 0.2) is 48.5 Å². The quantitative estimate of drug-likeness (QED) is 0.709. The lowest BCUT2D eigenvalue weighted by molar-refractivity contribution is -0.121. The minimum Gasteiger partial charge on any atom is -0.331 e. The second-order valence-electron chi connectivity index (χ2n) is 5.45. The molecule has 25 heavy (non-hydrogen) atoms. The number of carbonyl (C=O) groups excluding carboxylic acids is 2. The first-order chi connectivity index (χ1) is 12.1. The number of nitrogens with zero attached hydrogens (tertiary/aromatic N) is 3. The van der Waals surface area contributed by atoms with Gasteiger partial charge in [0.1, 0.15) is 5.82 Å². The van der Waals surface area contributed by atoms with Crippen LogP contribution in [-0.4, -0.2) is 21.4 Å². The van der Waals surface area contributed by atoms with Crippen LogP contribution in [-0.2, 0) is 18.3 Å². The van der Waals surface area contributed by atoms with E-state index in [0.717, 1.165) is 11.0 Å².